The number of ether oxygens (including phenoxy) is 1. The van der Waals surface area contributed by atoms with Gasteiger partial charge < -0.3 is 9.64 Å². The Labute approximate surface area is 136 Å². The summed E-state index contributed by atoms with van der Waals surface area (Å²) in [6.45, 7) is 6.37. The number of carbonyl (C=O) groups is 2. The van der Waals surface area contributed by atoms with Gasteiger partial charge in [-0.15, -0.1) is 0 Å². The highest BCUT2D eigenvalue weighted by molar-refractivity contribution is 5.94. The maximum absolute atomic E-state index is 12.5. The van der Waals surface area contributed by atoms with Gasteiger partial charge in [-0.2, -0.15) is 0 Å². The standard InChI is InChI=1S/C17H23N3O3/c1-17(2,3)23-16(22)19-18-12-14-10-7-11-20(14)15(21)13-8-5-4-6-9-13/h4-10,14,18H,11-12H2,1-3H3,(H,19,22)/t14-/m0/s1. The normalized spacial score (nSPS) is 17.2. The lowest BCUT2D eigenvalue weighted by atomic mass is 10.2. The molecule has 0 aromatic heterocycles. The van der Waals surface area contributed by atoms with Crippen LogP contribution >= 0.6 is 0 Å². The van der Waals surface area contributed by atoms with Gasteiger partial charge in [0.25, 0.3) is 5.91 Å². The second-order valence-electron chi connectivity index (χ2n) is 6.33. The van der Waals surface area contributed by atoms with Crippen molar-refractivity contribution in [3.63, 3.8) is 0 Å². The maximum atomic E-state index is 12.5. The highest BCUT2D eigenvalue weighted by Gasteiger charge is 2.25. The Bertz CT molecular complexity index is 578. The molecule has 1 aliphatic heterocycles. The zero-order chi connectivity index (χ0) is 16.9. The van der Waals surface area contributed by atoms with Crippen molar-refractivity contribution in [1.82, 2.24) is 15.8 Å². The van der Waals surface area contributed by atoms with Crippen LogP contribution in [-0.2, 0) is 4.74 Å². The maximum Gasteiger partial charge on any atom is 0.422 e. The Hall–Kier alpha value is -2.34. The molecule has 0 aliphatic carbocycles. The van der Waals surface area contributed by atoms with Crippen molar-refractivity contribution >= 4 is 12.0 Å². The third-order valence-corrected chi connectivity index (χ3v) is 3.24. The van der Waals surface area contributed by atoms with Crippen molar-refractivity contribution < 1.29 is 14.3 Å². The summed E-state index contributed by atoms with van der Waals surface area (Å²) >= 11 is 0. The van der Waals surface area contributed by atoms with E-state index in [9.17, 15) is 9.59 Å². The molecule has 6 heteroatoms. The highest BCUT2D eigenvalue weighted by atomic mass is 16.6. The summed E-state index contributed by atoms with van der Waals surface area (Å²) in [5, 5.41) is 0. The van der Waals surface area contributed by atoms with Crippen LogP contribution in [0.15, 0.2) is 42.5 Å². The molecule has 1 aliphatic rings. The first-order chi connectivity index (χ1) is 10.9. The number of hydrazine groups is 1. The van der Waals surface area contributed by atoms with Crippen LogP contribution in [-0.4, -0.2) is 41.6 Å². The molecular weight excluding hydrogens is 294 g/mol. The minimum atomic E-state index is -0.547. The first kappa shape index (κ1) is 17.0. The molecule has 1 aromatic rings. The van der Waals surface area contributed by atoms with E-state index in [1.807, 2.05) is 30.4 Å². The molecule has 6 nitrogen and oxygen atoms in total. The number of hydrogen-bond acceptors (Lipinski definition) is 4. The second kappa shape index (κ2) is 7.28. The van der Waals surface area contributed by atoms with Crippen molar-refractivity contribution in [3.8, 4) is 0 Å². The van der Waals surface area contributed by atoms with Crippen LogP contribution in [0.5, 0.6) is 0 Å². The predicted molar refractivity (Wildman–Crippen MR) is 87.8 cm³/mol. The van der Waals surface area contributed by atoms with Gasteiger partial charge in [-0.25, -0.2) is 10.2 Å². The summed E-state index contributed by atoms with van der Waals surface area (Å²) in [6, 6.07) is 9.04. The van der Waals surface area contributed by atoms with E-state index in [-0.39, 0.29) is 11.9 Å². The topological polar surface area (TPSA) is 70.7 Å². The Morgan fingerprint density at radius 2 is 1.96 bits per heavy atom. The van der Waals surface area contributed by atoms with Crippen LogP contribution in [0.3, 0.4) is 0 Å². The van der Waals surface area contributed by atoms with Crippen LogP contribution in [0.1, 0.15) is 31.1 Å². The Morgan fingerprint density at radius 3 is 2.61 bits per heavy atom. The van der Waals surface area contributed by atoms with Crippen molar-refractivity contribution in [2.24, 2.45) is 0 Å². The van der Waals surface area contributed by atoms with E-state index in [0.717, 1.165) is 0 Å². The molecule has 0 fully saturated rings. The van der Waals surface area contributed by atoms with Gasteiger partial charge in [0.1, 0.15) is 5.60 Å². The molecule has 2 amide bonds. The van der Waals surface area contributed by atoms with E-state index < -0.39 is 11.7 Å². The number of nitrogens with zero attached hydrogens (tertiary/aromatic N) is 1. The molecule has 0 saturated heterocycles. The van der Waals surface area contributed by atoms with E-state index in [1.165, 1.54) is 0 Å². The summed E-state index contributed by atoms with van der Waals surface area (Å²) in [5.74, 6) is -0.0281. The largest absolute Gasteiger partial charge is 0.443 e. The fraction of sp³-hybridized carbons (Fsp3) is 0.412. The molecule has 1 atom stereocenters. The third-order valence-electron chi connectivity index (χ3n) is 3.24. The number of carbonyl (C=O) groups excluding carboxylic acids is 2. The molecule has 0 bridgehead atoms. The van der Waals surface area contributed by atoms with Crippen molar-refractivity contribution in [3.05, 3.63) is 48.0 Å². The van der Waals surface area contributed by atoms with E-state index in [0.29, 0.717) is 18.7 Å². The van der Waals surface area contributed by atoms with E-state index >= 15 is 0 Å². The zero-order valence-corrected chi connectivity index (χ0v) is 13.7. The van der Waals surface area contributed by atoms with Crippen molar-refractivity contribution in [2.75, 3.05) is 13.1 Å². The Morgan fingerprint density at radius 1 is 1.26 bits per heavy atom. The van der Waals surface area contributed by atoms with E-state index in [4.69, 9.17) is 4.74 Å². The fourth-order valence-corrected chi connectivity index (χ4v) is 2.26. The fourth-order valence-electron chi connectivity index (χ4n) is 2.26. The van der Waals surface area contributed by atoms with Crippen LogP contribution < -0.4 is 10.9 Å². The van der Waals surface area contributed by atoms with E-state index in [1.54, 1.807) is 37.8 Å². The molecule has 23 heavy (non-hydrogen) atoms. The minimum absolute atomic E-state index is 0.0281. The van der Waals surface area contributed by atoms with Gasteiger partial charge in [0.2, 0.25) is 0 Å². The summed E-state index contributed by atoms with van der Waals surface area (Å²) in [4.78, 5) is 25.8. The van der Waals surface area contributed by atoms with Crippen LogP contribution in [0.2, 0.25) is 0 Å². The van der Waals surface area contributed by atoms with Crippen molar-refractivity contribution in [2.45, 2.75) is 32.4 Å². The van der Waals surface area contributed by atoms with Gasteiger partial charge in [-0.1, -0.05) is 30.4 Å². The molecule has 0 radical (unpaired) electrons. The Balaban J connectivity index is 1.84. The molecule has 124 valence electrons. The average Bonchev–Trinajstić information content (AvgIpc) is 2.94. The lowest BCUT2D eigenvalue weighted by Crippen LogP contribution is -2.48. The predicted octanol–water partition coefficient (Wildman–Crippen LogP) is 2.10. The number of amides is 2. The molecule has 0 unspecified atom stereocenters. The number of hydrogen-bond donors (Lipinski definition) is 2. The molecule has 2 rings (SSSR count). The Kier molecular flexibility index (Phi) is 5.39. The molecule has 1 heterocycles. The quantitative estimate of drug-likeness (QED) is 0.659. The van der Waals surface area contributed by atoms with Crippen molar-refractivity contribution in [1.29, 1.82) is 0 Å². The minimum Gasteiger partial charge on any atom is -0.443 e. The van der Waals surface area contributed by atoms with Gasteiger partial charge in [0.05, 0.1) is 6.04 Å². The average molecular weight is 317 g/mol. The monoisotopic (exact) mass is 317 g/mol. The van der Waals surface area contributed by atoms with Gasteiger partial charge in [-0.05, 0) is 32.9 Å². The van der Waals surface area contributed by atoms with Gasteiger partial charge >= 0.3 is 6.09 Å². The van der Waals surface area contributed by atoms with Gasteiger partial charge in [0.15, 0.2) is 0 Å². The van der Waals surface area contributed by atoms with Crippen LogP contribution in [0.4, 0.5) is 4.79 Å². The van der Waals surface area contributed by atoms with Crippen LogP contribution in [0, 0.1) is 0 Å². The molecule has 0 saturated carbocycles. The lowest BCUT2D eigenvalue weighted by Gasteiger charge is -2.25. The SMILES string of the molecule is CC(C)(C)OC(=O)NNC[C@@H]1C=CCN1C(=O)c1ccccc1. The highest BCUT2D eigenvalue weighted by Crippen LogP contribution is 2.14. The number of benzene rings is 1. The number of nitrogens with one attached hydrogen (secondary N) is 2. The smallest absolute Gasteiger partial charge is 0.422 e. The number of rotatable bonds is 4. The summed E-state index contributed by atoms with van der Waals surface area (Å²) in [7, 11) is 0. The van der Waals surface area contributed by atoms with Gasteiger partial charge in [0, 0.05) is 18.7 Å². The first-order valence-electron chi connectivity index (χ1n) is 7.61. The molecule has 1 aromatic carbocycles. The lowest BCUT2D eigenvalue weighted by molar-refractivity contribution is 0.0494. The second-order valence-corrected chi connectivity index (χ2v) is 6.33. The van der Waals surface area contributed by atoms with Crippen LogP contribution in [0.25, 0.3) is 0 Å². The van der Waals surface area contributed by atoms with Gasteiger partial charge in [-0.3, -0.25) is 10.2 Å². The molecule has 2 N–H and O–H groups in total. The summed E-state index contributed by atoms with van der Waals surface area (Å²) in [5.41, 5.74) is 5.41. The van der Waals surface area contributed by atoms with E-state index in [2.05, 4.69) is 10.9 Å². The third kappa shape index (κ3) is 5.10. The molecule has 0 spiro atoms. The summed E-state index contributed by atoms with van der Waals surface area (Å²) in [6.07, 6.45) is 3.35. The summed E-state index contributed by atoms with van der Waals surface area (Å²) < 4.78 is 5.13. The first-order valence-corrected chi connectivity index (χ1v) is 7.61. The zero-order valence-electron chi connectivity index (χ0n) is 13.7. The molecular formula is C17H23N3O3.